The summed E-state index contributed by atoms with van der Waals surface area (Å²) in [4.78, 5) is 14.9. The number of pyridine rings is 1. The number of hydrogen-bond acceptors (Lipinski definition) is 3. The highest BCUT2D eigenvalue weighted by atomic mass is 19.1. The Balaban J connectivity index is 2.65. The van der Waals surface area contributed by atoms with E-state index < -0.39 is 11.7 Å². The van der Waals surface area contributed by atoms with Gasteiger partial charge in [0.25, 0.3) is 5.91 Å². The number of carbonyl (C=O) groups excluding carboxylic acids is 1. The molecule has 1 unspecified atom stereocenters. The Hall–Kier alpha value is -1.49. The van der Waals surface area contributed by atoms with Crippen LogP contribution < -0.4 is 11.1 Å². The van der Waals surface area contributed by atoms with Gasteiger partial charge in [-0.15, -0.1) is 0 Å². The molecule has 5 heteroatoms. The van der Waals surface area contributed by atoms with E-state index in [-0.39, 0.29) is 11.6 Å². The second kappa shape index (κ2) is 4.66. The first-order valence-corrected chi connectivity index (χ1v) is 4.24. The van der Waals surface area contributed by atoms with E-state index in [0.717, 1.165) is 6.20 Å². The Labute approximate surface area is 81.3 Å². The van der Waals surface area contributed by atoms with Gasteiger partial charge in [-0.1, -0.05) is 0 Å². The van der Waals surface area contributed by atoms with Crippen molar-refractivity contribution in [3.63, 3.8) is 0 Å². The van der Waals surface area contributed by atoms with Gasteiger partial charge in [-0.3, -0.25) is 9.78 Å². The van der Waals surface area contributed by atoms with Crippen molar-refractivity contribution in [3.05, 3.63) is 29.8 Å². The molecule has 1 aromatic heterocycles. The third-order valence-electron chi connectivity index (χ3n) is 1.60. The van der Waals surface area contributed by atoms with Gasteiger partial charge in [0.1, 0.15) is 0 Å². The highest BCUT2D eigenvalue weighted by Gasteiger charge is 2.10. The normalized spacial score (nSPS) is 12.2. The van der Waals surface area contributed by atoms with Gasteiger partial charge in [0.2, 0.25) is 0 Å². The number of halogens is 1. The van der Waals surface area contributed by atoms with Gasteiger partial charge >= 0.3 is 0 Å². The molecule has 0 aliphatic heterocycles. The molecule has 76 valence electrons. The van der Waals surface area contributed by atoms with Gasteiger partial charge < -0.3 is 11.1 Å². The summed E-state index contributed by atoms with van der Waals surface area (Å²) < 4.78 is 13.0. The molecule has 0 bridgehead atoms. The molecule has 0 aliphatic carbocycles. The molecule has 1 atom stereocenters. The van der Waals surface area contributed by atoms with Gasteiger partial charge in [0, 0.05) is 18.8 Å². The third kappa shape index (κ3) is 2.77. The maximum atomic E-state index is 13.0. The molecule has 3 N–H and O–H groups in total. The molecule has 0 fully saturated rings. The van der Waals surface area contributed by atoms with E-state index in [1.54, 1.807) is 6.92 Å². The van der Waals surface area contributed by atoms with Crippen molar-refractivity contribution in [1.29, 1.82) is 0 Å². The molecule has 0 radical (unpaired) electrons. The van der Waals surface area contributed by atoms with E-state index in [0.29, 0.717) is 6.54 Å². The number of nitrogens with one attached hydrogen (secondary N) is 1. The van der Waals surface area contributed by atoms with Crippen LogP contribution >= 0.6 is 0 Å². The predicted molar refractivity (Wildman–Crippen MR) is 50.2 cm³/mol. The van der Waals surface area contributed by atoms with Crippen LogP contribution in [0.15, 0.2) is 18.5 Å². The lowest BCUT2D eigenvalue weighted by Crippen LogP contribution is -2.35. The lowest BCUT2D eigenvalue weighted by molar-refractivity contribution is 0.0947. The van der Waals surface area contributed by atoms with Crippen molar-refractivity contribution < 1.29 is 9.18 Å². The lowest BCUT2D eigenvalue weighted by atomic mass is 10.2. The molecular formula is C9H12FN3O. The van der Waals surface area contributed by atoms with E-state index in [2.05, 4.69) is 10.3 Å². The molecule has 0 aromatic carbocycles. The zero-order chi connectivity index (χ0) is 10.6. The average Bonchev–Trinajstić information content (AvgIpc) is 2.15. The molecule has 14 heavy (non-hydrogen) atoms. The van der Waals surface area contributed by atoms with E-state index in [1.807, 2.05) is 0 Å². The van der Waals surface area contributed by atoms with Gasteiger partial charge in [-0.05, 0) is 13.0 Å². The lowest BCUT2D eigenvalue weighted by Gasteiger charge is -2.07. The fourth-order valence-electron chi connectivity index (χ4n) is 0.908. The largest absolute Gasteiger partial charge is 0.350 e. The number of carbonyl (C=O) groups is 1. The van der Waals surface area contributed by atoms with Crippen LogP contribution in [0.5, 0.6) is 0 Å². The fourth-order valence-corrected chi connectivity index (χ4v) is 0.908. The molecule has 1 heterocycles. The molecule has 0 spiro atoms. The number of nitrogens with zero attached hydrogens (tertiary/aromatic N) is 1. The highest BCUT2D eigenvalue weighted by Crippen LogP contribution is 2.03. The molecular weight excluding hydrogens is 185 g/mol. The van der Waals surface area contributed by atoms with Crippen LogP contribution in [0.3, 0.4) is 0 Å². The molecule has 0 aliphatic rings. The zero-order valence-corrected chi connectivity index (χ0v) is 7.83. The summed E-state index contributed by atoms with van der Waals surface area (Å²) >= 11 is 0. The minimum Gasteiger partial charge on any atom is -0.350 e. The van der Waals surface area contributed by atoms with Gasteiger partial charge in [0.15, 0.2) is 5.82 Å². The molecule has 0 saturated heterocycles. The fraction of sp³-hybridized carbons (Fsp3) is 0.333. The maximum Gasteiger partial charge on any atom is 0.254 e. The van der Waals surface area contributed by atoms with Crippen molar-refractivity contribution in [2.24, 2.45) is 5.73 Å². The third-order valence-corrected chi connectivity index (χ3v) is 1.60. The van der Waals surface area contributed by atoms with Crippen molar-refractivity contribution in [1.82, 2.24) is 10.3 Å². The first-order chi connectivity index (χ1) is 6.61. The number of rotatable bonds is 3. The van der Waals surface area contributed by atoms with E-state index in [9.17, 15) is 9.18 Å². The van der Waals surface area contributed by atoms with Crippen molar-refractivity contribution in [2.45, 2.75) is 13.0 Å². The summed E-state index contributed by atoms with van der Waals surface area (Å²) in [5.74, 6) is -1.10. The van der Waals surface area contributed by atoms with Crippen LogP contribution in [-0.2, 0) is 0 Å². The molecule has 1 amide bonds. The second-order valence-corrected chi connectivity index (χ2v) is 3.04. The van der Waals surface area contributed by atoms with Crippen LogP contribution in [-0.4, -0.2) is 23.5 Å². The van der Waals surface area contributed by atoms with Crippen LogP contribution in [0.4, 0.5) is 4.39 Å². The first-order valence-electron chi connectivity index (χ1n) is 4.24. The predicted octanol–water partition coefficient (Wildman–Crippen LogP) is 0.298. The van der Waals surface area contributed by atoms with Crippen LogP contribution in [0, 0.1) is 5.82 Å². The summed E-state index contributed by atoms with van der Waals surface area (Å²) in [5.41, 5.74) is 5.42. The van der Waals surface area contributed by atoms with Gasteiger partial charge in [-0.25, -0.2) is 4.39 Å². The minimum atomic E-state index is -0.630. The summed E-state index contributed by atoms with van der Waals surface area (Å²) in [6.45, 7) is 2.07. The SMILES string of the molecule is CC(N)CNC(=O)c1ccncc1F. The van der Waals surface area contributed by atoms with Crippen LogP contribution in [0.1, 0.15) is 17.3 Å². The van der Waals surface area contributed by atoms with Gasteiger partial charge in [-0.2, -0.15) is 0 Å². The van der Waals surface area contributed by atoms with Gasteiger partial charge in [0.05, 0.1) is 11.8 Å². The standard InChI is InChI=1S/C9H12FN3O/c1-6(11)4-13-9(14)7-2-3-12-5-8(7)10/h2-3,5-6H,4,11H2,1H3,(H,13,14). The Kier molecular flexibility index (Phi) is 3.53. The maximum absolute atomic E-state index is 13.0. The molecule has 0 saturated carbocycles. The first kappa shape index (κ1) is 10.6. The average molecular weight is 197 g/mol. The summed E-state index contributed by atoms with van der Waals surface area (Å²) in [5, 5.41) is 2.51. The second-order valence-electron chi connectivity index (χ2n) is 3.04. The van der Waals surface area contributed by atoms with E-state index >= 15 is 0 Å². The smallest absolute Gasteiger partial charge is 0.254 e. The van der Waals surface area contributed by atoms with E-state index in [1.165, 1.54) is 12.3 Å². The number of aromatic nitrogens is 1. The minimum absolute atomic E-state index is 0.0133. The number of nitrogens with two attached hydrogens (primary N) is 1. The number of amides is 1. The van der Waals surface area contributed by atoms with Crippen molar-refractivity contribution in [2.75, 3.05) is 6.54 Å². The van der Waals surface area contributed by atoms with E-state index in [4.69, 9.17) is 5.73 Å². The Morgan fingerprint density at radius 2 is 2.50 bits per heavy atom. The van der Waals surface area contributed by atoms with Crippen LogP contribution in [0.25, 0.3) is 0 Å². The summed E-state index contributed by atoms with van der Waals surface area (Å²) in [6, 6.07) is 1.18. The van der Waals surface area contributed by atoms with Crippen molar-refractivity contribution >= 4 is 5.91 Å². The molecule has 1 aromatic rings. The monoisotopic (exact) mass is 197 g/mol. The molecule has 4 nitrogen and oxygen atoms in total. The Bertz CT molecular complexity index is 328. The summed E-state index contributed by atoms with van der Waals surface area (Å²) in [6.07, 6.45) is 2.37. The summed E-state index contributed by atoms with van der Waals surface area (Å²) in [7, 11) is 0. The molecule has 1 rings (SSSR count). The Morgan fingerprint density at radius 3 is 3.07 bits per heavy atom. The number of hydrogen-bond donors (Lipinski definition) is 2. The van der Waals surface area contributed by atoms with Crippen molar-refractivity contribution in [3.8, 4) is 0 Å². The topological polar surface area (TPSA) is 68.0 Å². The highest BCUT2D eigenvalue weighted by molar-refractivity contribution is 5.94. The zero-order valence-electron chi connectivity index (χ0n) is 7.83. The quantitative estimate of drug-likeness (QED) is 0.732. The Morgan fingerprint density at radius 1 is 1.79 bits per heavy atom. The van der Waals surface area contributed by atoms with Crippen LogP contribution in [0.2, 0.25) is 0 Å².